The molecule has 2 aliphatic heterocycles. The first-order valence-corrected chi connectivity index (χ1v) is 5.47. The fourth-order valence-electron chi connectivity index (χ4n) is 2.12. The maximum atomic E-state index is 11.9. The molecule has 19 heavy (non-hydrogen) atoms. The van der Waals surface area contributed by atoms with E-state index in [1.807, 2.05) is 0 Å². The van der Waals surface area contributed by atoms with Crippen LogP contribution in [0.1, 0.15) is 27.6 Å². The molecule has 3 rings (SSSR count). The molecule has 0 spiro atoms. The van der Waals surface area contributed by atoms with Crippen molar-refractivity contribution in [2.45, 2.75) is 6.92 Å². The second-order valence-electron chi connectivity index (χ2n) is 4.18. The van der Waals surface area contributed by atoms with Crippen LogP contribution in [0.25, 0.3) is 0 Å². The summed E-state index contributed by atoms with van der Waals surface area (Å²) in [5.41, 5.74) is 0.377. The van der Waals surface area contributed by atoms with Gasteiger partial charge in [-0.1, -0.05) is 6.07 Å². The van der Waals surface area contributed by atoms with Crippen LogP contribution in [0, 0.1) is 0 Å². The minimum absolute atomic E-state index is 0.0442. The van der Waals surface area contributed by atoms with Crippen molar-refractivity contribution in [3.63, 3.8) is 0 Å². The minimum Gasteiger partial charge on any atom is -0.386 e. The van der Waals surface area contributed by atoms with Gasteiger partial charge >= 0.3 is 11.9 Å². The van der Waals surface area contributed by atoms with Gasteiger partial charge in [0.2, 0.25) is 0 Å². The molecule has 0 aliphatic carbocycles. The Labute approximate surface area is 107 Å². The number of rotatable bonds is 1. The number of hydrogen-bond donors (Lipinski definition) is 0. The molecule has 0 saturated heterocycles. The van der Waals surface area contributed by atoms with Gasteiger partial charge in [-0.05, 0) is 19.1 Å². The Balaban J connectivity index is 2.20. The summed E-state index contributed by atoms with van der Waals surface area (Å²) in [6.45, 7) is 1.51. The van der Waals surface area contributed by atoms with Crippen LogP contribution in [0.3, 0.4) is 0 Å². The molecule has 2 heterocycles. The molecule has 0 saturated carbocycles. The lowest BCUT2D eigenvalue weighted by atomic mass is 10.1. The van der Waals surface area contributed by atoms with Gasteiger partial charge in [-0.15, -0.1) is 0 Å². The van der Waals surface area contributed by atoms with Gasteiger partial charge in [-0.3, -0.25) is 9.59 Å². The highest BCUT2D eigenvalue weighted by atomic mass is 16.6. The molecule has 0 N–H and O–H groups in total. The van der Waals surface area contributed by atoms with Gasteiger partial charge < -0.3 is 4.74 Å². The van der Waals surface area contributed by atoms with Crippen LogP contribution in [0.5, 0.6) is 0 Å². The number of esters is 2. The summed E-state index contributed by atoms with van der Waals surface area (Å²) in [7, 11) is 0. The van der Waals surface area contributed by atoms with Crippen LogP contribution in [0.15, 0.2) is 29.8 Å². The Morgan fingerprint density at radius 1 is 1.05 bits per heavy atom. The highest BCUT2D eigenvalue weighted by molar-refractivity contribution is 6.32. The van der Waals surface area contributed by atoms with Gasteiger partial charge in [-0.25, -0.2) is 14.5 Å². The number of amides is 2. The van der Waals surface area contributed by atoms with Gasteiger partial charge in [0.15, 0.2) is 0 Å². The number of nitrogens with zero attached hydrogens (tertiary/aromatic N) is 1. The first-order valence-electron chi connectivity index (χ1n) is 5.47. The Morgan fingerprint density at radius 2 is 1.79 bits per heavy atom. The summed E-state index contributed by atoms with van der Waals surface area (Å²) in [6, 6.07) is 4.33. The second-order valence-corrected chi connectivity index (χ2v) is 4.18. The molecule has 1 aromatic rings. The summed E-state index contributed by atoms with van der Waals surface area (Å²) >= 11 is 0. The van der Waals surface area contributed by atoms with Crippen molar-refractivity contribution >= 4 is 29.4 Å². The highest BCUT2D eigenvalue weighted by Crippen LogP contribution is 2.32. The molecular weight excluding hydrogens is 250 g/mol. The average molecular weight is 257 g/mol. The maximum Gasteiger partial charge on any atom is 0.349 e. The van der Waals surface area contributed by atoms with Crippen LogP contribution in [-0.4, -0.2) is 23.8 Å². The number of cyclic esters (lactones) is 2. The summed E-state index contributed by atoms with van der Waals surface area (Å²) in [5.74, 6) is -2.67. The Kier molecular flexibility index (Phi) is 2.16. The van der Waals surface area contributed by atoms with E-state index in [0.717, 1.165) is 4.90 Å². The van der Waals surface area contributed by atoms with E-state index in [2.05, 4.69) is 4.74 Å². The van der Waals surface area contributed by atoms with Crippen molar-refractivity contribution in [2.24, 2.45) is 0 Å². The predicted molar refractivity (Wildman–Crippen MR) is 62.4 cm³/mol. The molecule has 6 nitrogen and oxygen atoms in total. The third kappa shape index (κ3) is 1.43. The third-order valence-electron chi connectivity index (χ3n) is 2.99. The van der Waals surface area contributed by atoms with Crippen LogP contribution in [-0.2, 0) is 14.3 Å². The molecule has 0 aromatic heterocycles. The number of ether oxygens (including phenoxy) is 1. The first kappa shape index (κ1) is 11.3. The van der Waals surface area contributed by atoms with Crippen molar-refractivity contribution < 1.29 is 23.9 Å². The van der Waals surface area contributed by atoms with Crippen LogP contribution in [0.2, 0.25) is 0 Å². The van der Waals surface area contributed by atoms with E-state index in [0.29, 0.717) is 0 Å². The first-order chi connectivity index (χ1) is 9.00. The van der Waals surface area contributed by atoms with Gasteiger partial charge in [-0.2, -0.15) is 0 Å². The van der Waals surface area contributed by atoms with Crippen LogP contribution in [0.4, 0.5) is 5.69 Å². The number of hydrogen-bond acceptors (Lipinski definition) is 5. The van der Waals surface area contributed by atoms with Crippen molar-refractivity contribution in [1.82, 2.24) is 0 Å². The zero-order valence-electron chi connectivity index (χ0n) is 9.80. The van der Waals surface area contributed by atoms with Gasteiger partial charge in [0.25, 0.3) is 11.8 Å². The lowest BCUT2D eigenvalue weighted by Gasteiger charge is -2.16. The molecule has 0 bridgehead atoms. The zero-order valence-corrected chi connectivity index (χ0v) is 9.80. The molecule has 6 heteroatoms. The standard InChI is InChI=1S/C13H7NO5/c1-6-5-9(15)14(11(6)16)8-4-2-3-7-10(8)13(18)19-12(7)17/h2-5H,1H3. The Morgan fingerprint density at radius 3 is 2.42 bits per heavy atom. The molecule has 0 fully saturated rings. The molecule has 2 amide bonds. The monoisotopic (exact) mass is 257 g/mol. The summed E-state index contributed by atoms with van der Waals surface area (Å²) in [5, 5.41) is 0. The Bertz CT molecular complexity index is 701. The smallest absolute Gasteiger partial charge is 0.349 e. The molecule has 0 radical (unpaired) electrons. The van der Waals surface area contributed by atoms with E-state index in [9.17, 15) is 19.2 Å². The summed E-state index contributed by atoms with van der Waals surface area (Å²) < 4.78 is 4.49. The van der Waals surface area contributed by atoms with E-state index >= 15 is 0 Å². The van der Waals surface area contributed by atoms with Crippen LogP contribution >= 0.6 is 0 Å². The summed E-state index contributed by atoms with van der Waals surface area (Å²) in [6.07, 6.45) is 1.18. The lowest BCUT2D eigenvalue weighted by Crippen LogP contribution is -2.31. The fraction of sp³-hybridized carbons (Fsp3) is 0.0769. The lowest BCUT2D eigenvalue weighted by molar-refractivity contribution is -0.120. The van der Waals surface area contributed by atoms with Crippen molar-refractivity contribution in [1.29, 1.82) is 0 Å². The molecular formula is C13H7NO5. The maximum absolute atomic E-state index is 11.9. The van der Waals surface area contributed by atoms with E-state index in [1.54, 1.807) is 0 Å². The average Bonchev–Trinajstić information content (AvgIpc) is 2.78. The number of carbonyl (C=O) groups excluding carboxylic acids is 4. The molecule has 1 aromatic carbocycles. The predicted octanol–water partition coefficient (Wildman–Crippen LogP) is 0.817. The topological polar surface area (TPSA) is 80.8 Å². The quantitative estimate of drug-likeness (QED) is 0.422. The fourth-order valence-corrected chi connectivity index (χ4v) is 2.12. The highest BCUT2D eigenvalue weighted by Gasteiger charge is 2.38. The normalized spacial score (nSPS) is 17.7. The SMILES string of the molecule is CC1=CC(=O)N(c2cccc3c2C(=O)OC3=O)C1=O. The molecule has 0 atom stereocenters. The largest absolute Gasteiger partial charge is 0.386 e. The molecule has 2 aliphatic rings. The van der Waals surface area contributed by atoms with Gasteiger partial charge in [0.05, 0.1) is 16.8 Å². The van der Waals surface area contributed by atoms with Crippen molar-refractivity contribution in [3.8, 4) is 0 Å². The second kappa shape index (κ2) is 3.61. The number of anilines is 1. The minimum atomic E-state index is -0.847. The third-order valence-corrected chi connectivity index (χ3v) is 2.99. The van der Waals surface area contributed by atoms with E-state index in [4.69, 9.17) is 0 Å². The van der Waals surface area contributed by atoms with Crippen molar-refractivity contribution in [3.05, 3.63) is 41.0 Å². The summed E-state index contributed by atoms with van der Waals surface area (Å²) in [4.78, 5) is 47.6. The molecule has 94 valence electrons. The van der Waals surface area contributed by atoms with Gasteiger partial charge in [0, 0.05) is 11.6 Å². The van der Waals surface area contributed by atoms with Crippen LogP contribution < -0.4 is 4.90 Å². The number of fused-ring (bicyclic) bond motifs is 1. The number of carbonyl (C=O) groups is 4. The number of imide groups is 1. The van der Waals surface area contributed by atoms with E-state index in [-0.39, 0.29) is 22.4 Å². The Hall–Kier alpha value is -2.76. The van der Waals surface area contributed by atoms with Crippen molar-refractivity contribution in [2.75, 3.05) is 4.90 Å². The number of benzene rings is 1. The molecule has 0 unspecified atom stereocenters. The van der Waals surface area contributed by atoms with E-state index in [1.165, 1.54) is 31.2 Å². The zero-order chi connectivity index (χ0) is 13.7. The van der Waals surface area contributed by atoms with E-state index < -0.39 is 23.8 Å². The van der Waals surface area contributed by atoms with Gasteiger partial charge in [0.1, 0.15) is 0 Å².